The zero-order chi connectivity index (χ0) is 23.3. The van der Waals surface area contributed by atoms with E-state index in [4.69, 9.17) is 4.74 Å². The molecule has 34 heavy (non-hydrogen) atoms. The van der Waals surface area contributed by atoms with Crippen LogP contribution in [0.4, 0.5) is 17.3 Å². The van der Waals surface area contributed by atoms with Crippen molar-refractivity contribution < 1.29 is 9.53 Å². The molecule has 174 valence electrons. The first-order valence-electron chi connectivity index (χ1n) is 11.6. The van der Waals surface area contributed by atoms with Crippen molar-refractivity contribution >= 4 is 28.9 Å². The van der Waals surface area contributed by atoms with E-state index in [1.165, 1.54) is 32.9 Å². The second-order valence-electron chi connectivity index (χ2n) is 8.42. The molecule has 5 rings (SSSR count). The van der Waals surface area contributed by atoms with Gasteiger partial charge in [0.1, 0.15) is 12.4 Å². The first-order chi connectivity index (χ1) is 16.6. The number of likely N-dealkylation sites (tertiary alicyclic amines) is 1. The summed E-state index contributed by atoms with van der Waals surface area (Å²) in [7, 11) is 0. The van der Waals surface area contributed by atoms with Gasteiger partial charge in [0, 0.05) is 30.4 Å². The van der Waals surface area contributed by atoms with Crippen LogP contribution >= 0.6 is 0 Å². The van der Waals surface area contributed by atoms with E-state index in [0.717, 1.165) is 40.6 Å². The van der Waals surface area contributed by atoms with Gasteiger partial charge in [-0.05, 0) is 74.5 Å². The van der Waals surface area contributed by atoms with Crippen molar-refractivity contribution in [1.82, 2.24) is 19.5 Å². The van der Waals surface area contributed by atoms with Crippen molar-refractivity contribution in [3.63, 3.8) is 0 Å². The highest BCUT2D eigenvalue weighted by Gasteiger charge is 2.11. The van der Waals surface area contributed by atoms with Gasteiger partial charge < -0.3 is 15.4 Å². The van der Waals surface area contributed by atoms with E-state index in [0.29, 0.717) is 12.6 Å². The van der Waals surface area contributed by atoms with Crippen LogP contribution in [0.5, 0.6) is 5.75 Å². The van der Waals surface area contributed by atoms with Gasteiger partial charge in [-0.1, -0.05) is 18.2 Å². The second kappa shape index (κ2) is 9.93. The third-order valence-corrected chi connectivity index (χ3v) is 5.85. The molecule has 1 amide bonds. The van der Waals surface area contributed by atoms with Gasteiger partial charge in [0.2, 0.25) is 11.9 Å². The van der Waals surface area contributed by atoms with Gasteiger partial charge in [0.15, 0.2) is 5.65 Å². The lowest BCUT2D eigenvalue weighted by molar-refractivity contribution is -0.114. The Bertz CT molecular complexity index is 1260. The monoisotopic (exact) mass is 456 g/mol. The number of hydrogen-bond acceptors (Lipinski definition) is 6. The van der Waals surface area contributed by atoms with Crippen LogP contribution in [-0.2, 0) is 4.79 Å². The molecule has 2 aromatic carbocycles. The van der Waals surface area contributed by atoms with Crippen molar-refractivity contribution in [3.8, 4) is 17.0 Å². The van der Waals surface area contributed by atoms with E-state index < -0.39 is 0 Å². The molecular weight excluding hydrogens is 428 g/mol. The minimum Gasteiger partial charge on any atom is -0.492 e. The van der Waals surface area contributed by atoms with Crippen molar-refractivity contribution in [2.75, 3.05) is 36.9 Å². The van der Waals surface area contributed by atoms with E-state index in [1.807, 2.05) is 71.2 Å². The lowest BCUT2D eigenvalue weighted by Gasteiger charge is -2.15. The SMILES string of the molecule is CC(=O)Nc1ccc(-c2cccc3nc(Nc4ccc(OCCN5CCCC5)cc4)nn23)cc1. The highest BCUT2D eigenvalue weighted by Crippen LogP contribution is 2.24. The van der Waals surface area contributed by atoms with Gasteiger partial charge >= 0.3 is 0 Å². The summed E-state index contributed by atoms with van der Waals surface area (Å²) in [5, 5.41) is 10.7. The number of carbonyl (C=O) groups is 1. The predicted molar refractivity (Wildman–Crippen MR) is 134 cm³/mol. The van der Waals surface area contributed by atoms with Crippen LogP contribution in [0.15, 0.2) is 66.7 Å². The number of amides is 1. The standard InChI is InChI=1S/C26H28N6O2/c1-19(33)27-21-9-7-20(8-10-21)24-5-4-6-25-29-26(30-32(24)25)28-22-11-13-23(14-12-22)34-18-17-31-15-2-3-16-31/h4-14H,2-3,15-18H2,1H3,(H,27,33)(H,28,30). The van der Waals surface area contributed by atoms with Gasteiger partial charge in [0.05, 0.1) is 5.69 Å². The summed E-state index contributed by atoms with van der Waals surface area (Å²) in [5.41, 5.74) is 4.28. The number of anilines is 3. The highest BCUT2D eigenvalue weighted by molar-refractivity contribution is 5.89. The topological polar surface area (TPSA) is 83.8 Å². The Morgan fingerprint density at radius 2 is 1.71 bits per heavy atom. The molecular formula is C26H28N6O2. The number of pyridine rings is 1. The number of carbonyl (C=O) groups excluding carboxylic acids is 1. The predicted octanol–water partition coefficient (Wildman–Crippen LogP) is 4.57. The van der Waals surface area contributed by atoms with Gasteiger partial charge in [-0.15, -0.1) is 5.10 Å². The molecule has 8 heteroatoms. The van der Waals surface area contributed by atoms with Gasteiger partial charge in [-0.25, -0.2) is 4.52 Å². The largest absolute Gasteiger partial charge is 0.492 e. The number of hydrogen-bond donors (Lipinski definition) is 2. The van der Waals surface area contributed by atoms with Crippen molar-refractivity contribution in [2.45, 2.75) is 19.8 Å². The number of nitrogens with zero attached hydrogens (tertiary/aromatic N) is 4. The van der Waals surface area contributed by atoms with Crippen LogP contribution in [-0.4, -0.2) is 51.6 Å². The van der Waals surface area contributed by atoms with E-state index in [-0.39, 0.29) is 5.91 Å². The van der Waals surface area contributed by atoms with Crippen LogP contribution in [0, 0.1) is 0 Å². The summed E-state index contributed by atoms with van der Waals surface area (Å²) < 4.78 is 7.70. The first-order valence-corrected chi connectivity index (χ1v) is 11.6. The van der Waals surface area contributed by atoms with Crippen LogP contribution in [0.2, 0.25) is 0 Å². The molecule has 0 atom stereocenters. The maximum absolute atomic E-state index is 11.3. The molecule has 0 aliphatic carbocycles. The Morgan fingerprint density at radius 3 is 2.44 bits per heavy atom. The summed E-state index contributed by atoms with van der Waals surface area (Å²) >= 11 is 0. The smallest absolute Gasteiger partial charge is 0.247 e. The number of nitrogens with one attached hydrogen (secondary N) is 2. The van der Waals surface area contributed by atoms with Crippen LogP contribution in [0.25, 0.3) is 16.9 Å². The third-order valence-electron chi connectivity index (χ3n) is 5.85. The Kier molecular flexibility index (Phi) is 6.40. The van der Waals surface area contributed by atoms with E-state index in [2.05, 4.69) is 25.6 Å². The maximum Gasteiger partial charge on any atom is 0.247 e. The molecule has 0 radical (unpaired) electrons. The maximum atomic E-state index is 11.3. The quantitative estimate of drug-likeness (QED) is 0.404. The van der Waals surface area contributed by atoms with E-state index in [9.17, 15) is 4.79 Å². The third kappa shape index (κ3) is 5.18. The molecule has 0 saturated carbocycles. The fourth-order valence-electron chi connectivity index (χ4n) is 4.17. The molecule has 1 fully saturated rings. The molecule has 4 aromatic rings. The molecule has 2 aromatic heterocycles. The highest BCUT2D eigenvalue weighted by atomic mass is 16.5. The molecule has 8 nitrogen and oxygen atoms in total. The van der Waals surface area contributed by atoms with Gasteiger partial charge in [0.25, 0.3) is 0 Å². The van der Waals surface area contributed by atoms with Crippen molar-refractivity contribution in [3.05, 3.63) is 66.7 Å². The molecule has 0 spiro atoms. The van der Waals surface area contributed by atoms with E-state index >= 15 is 0 Å². The number of benzene rings is 2. The van der Waals surface area contributed by atoms with Crippen LogP contribution < -0.4 is 15.4 Å². The average Bonchev–Trinajstić information content (AvgIpc) is 3.50. The Hall–Kier alpha value is -3.91. The molecule has 0 unspecified atom stereocenters. The average molecular weight is 457 g/mol. The lowest BCUT2D eigenvalue weighted by atomic mass is 10.1. The Balaban J connectivity index is 1.26. The van der Waals surface area contributed by atoms with Gasteiger partial charge in [-0.3, -0.25) is 9.69 Å². The van der Waals surface area contributed by atoms with Gasteiger partial charge in [-0.2, -0.15) is 4.98 Å². The lowest BCUT2D eigenvalue weighted by Crippen LogP contribution is -2.25. The van der Waals surface area contributed by atoms with Crippen molar-refractivity contribution in [2.24, 2.45) is 0 Å². The Morgan fingerprint density at radius 1 is 0.971 bits per heavy atom. The molecule has 0 bridgehead atoms. The zero-order valence-electron chi connectivity index (χ0n) is 19.2. The number of rotatable bonds is 8. The molecule has 1 saturated heterocycles. The normalized spacial score (nSPS) is 13.8. The number of ether oxygens (including phenoxy) is 1. The molecule has 3 heterocycles. The summed E-state index contributed by atoms with van der Waals surface area (Å²) in [6.45, 7) is 5.54. The summed E-state index contributed by atoms with van der Waals surface area (Å²) in [4.78, 5) is 18.3. The fraction of sp³-hybridized carbons (Fsp3) is 0.269. The Labute approximate surface area is 198 Å². The minimum atomic E-state index is -0.0940. The number of aromatic nitrogens is 3. The second-order valence-corrected chi connectivity index (χ2v) is 8.42. The zero-order valence-corrected chi connectivity index (χ0v) is 19.2. The fourth-order valence-corrected chi connectivity index (χ4v) is 4.17. The molecule has 1 aliphatic rings. The summed E-state index contributed by atoms with van der Waals surface area (Å²) in [5.74, 6) is 1.28. The van der Waals surface area contributed by atoms with Crippen molar-refractivity contribution in [1.29, 1.82) is 0 Å². The summed E-state index contributed by atoms with van der Waals surface area (Å²) in [6.07, 6.45) is 2.59. The van der Waals surface area contributed by atoms with Crippen LogP contribution in [0.3, 0.4) is 0 Å². The number of fused-ring (bicyclic) bond motifs is 1. The molecule has 1 aliphatic heterocycles. The minimum absolute atomic E-state index is 0.0940. The van der Waals surface area contributed by atoms with Crippen LogP contribution in [0.1, 0.15) is 19.8 Å². The first kappa shape index (κ1) is 21.9. The van der Waals surface area contributed by atoms with E-state index in [1.54, 1.807) is 0 Å². The summed E-state index contributed by atoms with van der Waals surface area (Å²) in [6, 6.07) is 21.4. The molecule has 2 N–H and O–H groups in total.